The van der Waals surface area contributed by atoms with E-state index < -0.39 is 21.4 Å². The minimum absolute atomic E-state index is 0.0152. The molecule has 2 amide bonds. The maximum absolute atomic E-state index is 14.1. The molecule has 5 rings (SSSR count). The third kappa shape index (κ3) is 4.58. The number of rotatable bonds is 5. The van der Waals surface area contributed by atoms with Crippen LogP contribution in [0.2, 0.25) is 0 Å². The molecular formula is C27H27FN4O4S. The van der Waals surface area contributed by atoms with Crippen LogP contribution < -0.4 is 11.1 Å². The van der Waals surface area contributed by atoms with Crippen LogP contribution in [0.15, 0.2) is 53.6 Å². The summed E-state index contributed by atoms with van der Waals surface area (Å²) in [5.74, 6) is -1.58. The maximum atomic E-state index is 14.1. The number of fused-ring (bicyclic) bond motifs is 1. The van der Waals surface area contributed by atoms with Gasteiger partial charge < -0.3 is 20.5 Å². The third-order valence-electron chi connectivity index (χ3n) is 6.91. The molecule has 2 aliphatic rings. The first kappa shape index (κ1) is 24.9. The number of amides is 2. The zero-order valence-corrected chi connectivity index (χ0v) is 21.3. The second-order valence-electron chi connectivity index (χ2n) is 9.53. The smallest absolute Gasteiger partial charge is 0.257 e. The molecule has 3 heterocycles. The highest BCUT2D eigenvalue weighted by molar-refractivity contribution is 7.90. The molecule has 192 valence electrons. The fourth-order valence-electron chi connectivity index (χ4n) is 4.90. The first-order valence-corrected chi connectivity index (χ1v) is 13.6. The molecule has 2 aromatic carbocycles. The number of sulfone groups is 1. The number of benzene rings is 2. The van der Waals surface area contributed by atoms with E-state index in [1.54, 1.807) is 34.9 Å². The minimum Gasteiger partial charge on any atom is -0.337 e. The summed E-state index contributed by atoms with van der Waals surface area (Å²) in [6.07, 6.45) is 4.13. The number of likely N-dealkylation sites (tertiary alicyclic amines) is 1. The van der Waals surface area contributed by atoms with Gasteiger partial charge in [-0.2, -0.15) is 0 Å². The highest BCUT2D eigenvalue weighted by Gasteiger charge is 2.30. The lowest BCUT2D eigenvalue weighted by Crippen LogP contribution is -2.32. The molecule has 8 nitrogen and oxygen atoms in total. The largest absolute Gasteiger partial charge is 0.337 e. The number of nitrogens with zero attached hydrogens (tertiary/aromatic N) is 2. The predicted octanol–water partition coefficient (Wildman–Crippen LogP) is 3.34. The van der Waals surface area contributed by atoms with Gasteiger partial charge in [0.15, 0.2) is 9.84 Å². The van der Waals surface area contributed by atoms with Crippen molar-refractivity contribution < 1.29 is 22.4 Å². The lowest BCUT2D eigenvalue weighted by atomic mass is 10.1. The number of anilines is 1. The van der Waals surface area contributed by atoms with Crippen molar-refractivity contribution in [2.24, 2.45) is 5.73 Å². The van der Waals surface area contributed by atoms with Gasteiger partial charge >= 0.3 is 0 Å². The summed E-state index contributed by atoms with van der Waals surface area (Å²) in [6, 6.07) is 10.1. The summed E-state index contributed by atoms with van der Waals surface area (Å²) < 4.78 is 42.0. The molecule has 0 spiro atoms. The molecular weight excluding hydrogens is 495 g/mol. The number of hydrogen-bond acceptors (Lipinski definition) is 5. The number of carbonyl (C=O) groups excluding carboxylic acids is 2. The Morgan fingerprint density at radius 1 is 1.22 bits per heavy atom. The molecule has 1 fully saturated rings. The van der Waals surface area contributed by atoms with Crippen molar-refractivity contribution >= 4 is 39.1 Å². The Bertz CT molecular complexity index is 1570. The van der Waals surface area contributed by atoms with Gasteiger partial charge in [-0.15, -0.1) is 0 Å². The third-order valence-corrected chi connectivity index (χ3v) is 8.57. The molecule has 2 aliphatic heterocycles. The normalized spacial score (nSPS) is 18.4. The zero-order chi connectivity index (χ0) is 26.5. The Morgan fingerprint density at radius 2 is 1.97 bits per heavy atom. The van der Waals surface area contributed by atoms with Crippen LogP contribution in [-0.2, 0) is 20.4 Å². The minimum atomic E-state index is -3.88. The van der Waals surface area contributed by atoms with Gasteiger partial charge in [0.25, 0.3) is 11.8 Å². The van der Waals surface area contributed by atoms with Crippen molar-refractivity contribution in [3.05, 3.63) is 82.4 Å². The van der Waals surface area contributed by atoms with Gasteiger partial charge in [0, 0.05) is 54.0 Å². The number of hydrogen-bond donors (Lipinski definition) is 2. The van der Waals surface area contributed by atoms with E-state index >= 15 is 0 Å². The Labute approximate surface area is 214 Å². The van der Waals surface area contributed by atoms with Gasteiger partial charge in [0.2, 0.25) is 0 Å². The number of nitrogens with one attached hydrogen (secondary N) is 1. The van der Waals surface area contributed by atoms with E-state index in [1.165, 1.54) is 36.4 Å². The summed E-state index contributed by atoms with van der Waals surface area (Å²) in [4.78, 5) is 27.7. The maximum Gasteiger partial charge on any atom is 0.257 e. The van der Waals surface area contributed by atoms with Gasteiger partial charge in [-0.3, -0.25) is 9.59 Å². The molecule has 3 N–H and O–H groups in total. The van der Waals surface area contributed by atoms with Crippen molar-refractivity contribution in [1.29, 1.82) is 0 Å². The van der Waals surface area contributed by atoms with E-state index in [9.17, 15) is 22.4 Å². The van der Waals surface area contributed by atoms with E-state index in [0.29, 0.717) is 35.6 Å². The Morgan fingerprint density at radius 3 is 2.68 bits per heavy atom. The topological polar surface area (TPSA) is 114 Å². The SMILES string of the molecule is Cc1cn(/C=C2\C(=O)Nc3ccc(S(=O)(=O)Cc4ccccc4F)cc32)c(C)c1C(=O)N1CC[C@@H](N)C1. The average Bonchev–Trinajstić information content (AvgIpc) is 3.50. The number of nitrogens with two attached hydrogens (primary N) is 1. The quantitative estimate of drug-likeness (QED) is 0.499. The van der Waals surface area contributed by atoms with Crippen LogP contribution in [0.4, 0.5) is 10.1 Å². The van der Waals surface area contributed by atoms with Gasteiger partial charge in [-0.1, -0.05) is 18.2 Å². The molecule has 10 heteroatoms. The Hall–Kier alpha value is -3.76. The molecule has 0 aliphatic carbocycles. The standard InChI is InChI=1S/C27H27FN4O4S/c1-16-12-32(17(2)25(16)27(34)31-10-9-19(29)13-31)14-22-21-11-20(7-8-24(21)30-26(22)33)37(35,36)15-18-5-3-4-6-23(18)28/h3-8,11-12,14,19H,9-10,13,15,29H2,1-2H3,(H,30,33)/b22-14-/t19-/m1/s1. The van der Waals surface area contributed by atoms with Gasteiger partial charge in [0.05, 0.1) is 21.8 Å². The van der Waals surface area contributed by atoms with Gasteiger partial charge in [-0.05, 0) is 50.1 Å². The number of aromatic nitrogens is 1. The first-order valence-electron chi connectivity index (χ1n) is 11.9. The summed E-state index contributed by atoms with van der Waals surface area (Å²) in [6.45, 7) is 4.74. The molecule has 1 saturated heterocycles. The molecule has 0 saturated carbocycles. The number of halogens is 1. The van der Waals surface area contributed by atoms with Crippen molar-refractivity contribution in [3.8, 4) is 0 Å². The fraction of sp³-hybridized carbons (Fsp3) is 0.259. The average molecular weight is 523 g/mol. The van der Waals surface area contributed by atoms with Crippen LogP contribution >= 0.6 is 0 Å². The summed E-state index contributed by atoms with van der Waals surface area (Å²) in [5, 5.41) is 2.75. The fourth-order valence-corrected chi connectivity index (χ4v) is 6.29. The van der Waals surface area contributed by atoms with E-state index in [2.05, 4.69) is 5.32 Å². The van der Waals surface area contributed by atoms with E-state index in [4.69, 9.17) is 5.73 Å². The Kier molecular flexibility index (Phi) is 6.25. The number of carbonyl (C=O) groups is 2. The predicted molar refractivity (Wildman–Crippen MR) is 139 cm³/mol. The van der Waals surface area contributed by atoms with Crippen LogP contribution in [-0.4, -0.2) is 48.8 Å². The molecule has 0 radical (unpaired) electrons. The number of aryl methyl sites for hydroxylation is 1. The van der Waals surface area contributed by atoms with Crippen molar-refractivity contribution in [3.63, 3.8) is 0 Å². The van der Waals surface area contributed by atoms with Crippen LogP contribution in [0.25, 0.3) is 11.8 Å². The molecule has 0 unspecified atom stereocenters. The second kappa shape index (κ2) is 9.28. The van der Waals surface area contributed by atoms with Crippen molar-refractivity contribution in [2.75, 3.05) is 18.4 Å². The van der Waals surface area contributed by atoms with Crippen LogP contribution in [0.3, 0.4) is 0 Å². The molecule has 1 atom stereocenters. The van der Waals surface area contributed by atoms with Gasteiger partial charge in [-0.25, -0.2) is 12.8 Å². The summed E-state index contributed by atoms with van der Waals surface area (Å²) in [5.41, 5.74) is 9.19. The molecule has 37 heavy (non-hydrogen) atoms. The summed E-state index contributed by atoms with van der Waals surface area (Å²) >= 11 is 0. The Balaban J connectivity index is 1.50. The molecule has 0 bridgehead atoms. The van der Waals surface area contributed by atoms with E-state index in [1.807, 2.05) is 6.92 Å². The van der Waals surface area contributed by atoms with Crippen LogP contribution in [0.1, 0.15) is 39.2 Å². The lowest BCUT2D eigenvalue weighted by Gasteiger charge is -2.16. The van der Waals surface area contributed by atoms with Crippen molar-refractivity contribution in [2.45, 2.75) is 37.0 Å². The first-order chi connectivity index (χ1) is 17.5. The lowest BCUT2D eigenvalue weighted by molar-refractivity contribution is -0.110. The highest BCUT2D eigenvalue weighted by Crippen LogP contribution is 2.35. The van der Waals surface area contributed by atoms with Crippen LogP contribution in [0.5, 0.6) is 0 Å². The highest BCUT2D eigenvalue weighted by atomic mass is 32.2. The van der Waals surface area contributed by atoms with Crippen molar-refractivity contribution in [1.82, 2.24) is 9.47 Å². The van der Waals surface area contributed by atoms with E-state index in [-0.39, 0.29) is 33.9 Å². The molecule has 3 aromatic rings. The monoisotopic (exact) mass is 522 g/mol. The summed E-state index contributed by atoms with van der Waals surface area (Å²) in [7, 11) is -3.88. The molecule has 1 aromatic heterocycles. The zero-order valence-electron chi connectivity index (χ0n) is 20.5. The second-order valence-corrected chi connectivity index (χ2v) is 11.5. The van der Waals surface area contributed by atoms with Gasteiger partial charge in [0.1, 0.15) is 5.82 Å². The van der Waals surface area contributed by atoms with Crippen LogP contribution in [0, 0.1) is 19.7 Å². The van der Waals surface area contributed by atoms with E-state index in [0.717, 1.165) is 12.0 Å².